The smallest absolute Gasteiger partial charge is 0.175 e. The molecule has 0 spiro atoms. The van der Waals surface area contributed by atoms with Crippen molar-refractivity contribution in [3.63, 3.8) is 0 Å². The third-order valence-corrected chi connectivity index (χ3v) is 8.39. The Morgan fingerprint density at radius 1 is 1.03 bits per heavy atom. The molecular weight excluding hydrogens is 440 g/mol. The van der Waals surface area contributed by atoms with E-state index in [0.717, 1.165) is 54.6 Å². The molecule has 0 radical (unpaired) electrons. The molecule has 0 aliphatic heterocycles. The molecule has 1 aliphatic carbocycles. The second-order valence-corrected chi connectivity index (χ2v) is 11.5. The molecular formula is C29H36N2O2S. The lowest BCUT2D eigenvalue weighted by Gasteiger charge is -2.34. The van der Waals surface area contributed by atoms with Gasteiger partial charge in [0.25, 0.3) is 0 Å². The monoisotopic (exact) mass is 476 g/mol. The highest BCUT2D eigenvalue weighted by Gasteiger charge is 2.27. The summed E-state index contributed by atoms with van der Waals surface area (Å²) in [6.45, 7) is 6.77. The van der Waals surface area contributed by atoms with Crippen molar-refractivity contribution in [2.45, 2.75) is 70.4 Å². The van der Waals surface area contributed by atoms with E-state index in [1.807, 2.05) is 13.0 Å². The number of hydrogen-bond acceptors (Lipinski definition) is 4. The second-order valence-electron chi connectivity index (χ2n) is 9.52. The van der Waals surface area contributed by atoms with Crippen LogP contribution in [0.25, 0.3) is 11.3 Å². The van der Waals surface area contributed by atoms with Crippen molar-refractivity contribution < 1.29 is 8.42 Å². The molecule has 0 saturated carbocycles. The van der Waals surface area contributed by atoms with Gasteiger partial charge in [-0.1, -0.05) is 56.3 Å². The minimum absolute atomic E-state index is 0.281. The number of aryl methyl sites for hydroxylation is 4. The Balaban J connectivity index is 1.79. The summed E-state index contributed by atoms with van der Waals surface area (Å²) in [4.78, 5) is 7.69. The van der Waals surface area contributed by atoms with E-state index in [4.69, 9.17) is 4.98 Å². The number of nitrogens with zero attached hydrogens (tertiary/aromatic N) is 2. The molecule has 2 aromatic carbocycles. The highest BCUT2D eigenvalue weighted by atomic mass is 32.2. The molecule has 0 saturated heterocycles. The van der Waals surface area contributed by atoms with Crippen LogP contribution < -0.4 is 0 Å². The van der Waals surface area contributed by atoms with Crippen molar-refractivity contribution in [1.82, 2.24) is 9.88 Å². The fraction of sp³-hybridized carbons (Fsp3) is 0.414. The quantitative estimate of drug-likeness (QED) is 0.414. The normalized spacial score (nSPS) is 16.0. The number of rotatable bonds is 7. The Morgan fingerprint density at radius 3 is 2.35 bits per heavy atom. The van der Waals surface area contributed by atoms with Gasteiger partial charge >= 0.3 is 0 Å². The van der Waals surface area contributed by atoms with E-state index in [2.05, 4.69) is 68.3 Å². The summed E-state index contributed by atoms with van der Waals surface area (Å²) in [6, 6.07) is 17.1. The lowest BCUT2D eigenvalue weighted by atomic mass is 9.87. The molecule has 1 aliphatic rings. The topological polar surface area (TPSA) is 50.3 Å². The number of hydrogen-bond donors (Lipinski definition) is 0. The van der Waals surface area contributed by atoms with Crippen LogP contribution in [0.4, 0.5) is 0 Å². The molecule has 0 amide bonds. The van der Waals surface area contributed by atoms with Crippen LogP contribution in [-0.4, -0.2) is 31.6 Å². The summed E-state index contributed by atoms with van der Waals surface area (Å²) in [7, 11) is -1.32. The zero-order chi connectivity index (χ0) is 24.5. The molecule has 0 fully saturated rings. The van der Waals surface area contributed by atoms with E-state index < -0.39 is 9.84 Å². The summed E-state index contributed by atoms with van der Waals surface area (Å²) in [5.41, 5.74) is 8.63. The number of sulfone groups is 1. The molecule has 0 bridgehead atoms. The van der Waals surface area contributed by atoms with Crippen molar-refractivity contribution in [2.24, 2.45) is 0 Å². The molecule has 34 heavy (non-hydrogen) atoms. The molecule has 4 rings (SSSR count). The maximum absolute atomic E-state index is 13.0. The van der Waals surface area contributed by atoms with E-state index in [0.29, 0.717) is 11.4 Å². The van der Waals surface area contributed by atoms with Crippen LogP contribution in [-0.2, 0) is 35.6 Å². The van der Waals surface area contributed by atoms with Gasteiger partial charge in [-0.3, -0.25) is 9.88 Å². The molecule has 1 heterocycles. The molecule has 1 atom stereocenters. The van der Waals surface area contributed by atoms with Gasteiger partial charge in [-0.05, 0) is 74.4 Å². The van der Waals surface area contributed by atoms with Crippen molar-refractivity contribution in [3.8, 4) is 11.3 Å². The van der Waals surface area contributed by atoms with Crippen LogP contribution in [0.15, 0.2) is 53.4 Å². The average molecular weight is 477 g/mol. The van der Waals surface area contributed by atoms with Crippen LogP contribution in [0.1, 0.15) is 66.2 Å². The van der Waals surface area contributed by atoms with Crippen molar-refractivity contribution in [3.05, 3.63) is 82.0 Å². The standard InChI is InChI=1S/C29H36N2O2S/c1-6-21-13-10-14-22(7-2)29(21)26-18-28(34(5,32)33)25(20(3)30-26)19-31(4)27-17-11-15-23-12-8-9-16-24(23)27/h8-10,12-14,16,18,27H,6-7,11,15,17,19H2,1-5H3/t27-/m0/s1. The fourth-order valence-electron chi connectivity index (χ4n) is 5.44. The van der Waals surface area contributed by atoms with E-state index in [9.17, 15) is 8.42 Å². The predicted molar refractivity (Wildman–Crippen MR) is 140 cm³/mol. The number of fused-ring (bicyclic) bond motifs is 1. The molecule has 180 valence electrons. The van der Waals surface area contributed by atoms with E-state index in [-0.39, 0.29) is 6.04 Å². The van der Waals surface area contributed by atoms with Gasteiger partial charge in [0, 0.05) is 35.7 Å². The Labute approximate surface area is 205 Å². The Kier molecular flexibility index (Phi) is 7.25. The van der Waals surface area contributed by atoms with E-state index in [1.54, 1.807) is 0 Å². The lowest BCUT2D eigenvalue weighted by molar-refractivity contribution is 0.211. The molecule has 0 N–H and O–H groups in total. The van der Waals surface area contributed by atoms with Crippen LogP contribution in [0.5, 0.6) is 0 Å². The molecule has 1 aromatic heterocycles. The van der Waals surface area contributed by atoms with Crippen LogP contribution in [0.2, 0.25) is 0 Å². The SMILES string of the molecule is CCc1cccc(CC)c1-c1cc(S(C)(=O)=O)c(CN(C)[C@H]2CCCc3ccccc32)c(C)n1. The Bertz CT molecular complexity index is 1280. The maximum Gasteiger partial charge on any atom is 0.175 e. The first kappa shape index (κ1) is 24.6. The molecule has 5 heteroatoms. The van der Waals surface area contributed by atoms with Gasteiger partial charge in [-0.25, -0.2) is 8.42 Å². The van der Waals surface area contributed by atoms with Gasteiger partial charge in [0.15, 0.2) is 9.84 Å². The van der Waals surface area contributed by atoms with Crippen molar-refractivity contribution in [1.29, 1.82) is 0 Å². The molecule has 4 nitrogen and oxygen atoms in total. The summed E-state index contributed by atoms with van der Waals surface area (Å²) in [5, 5.41) is 0. The second kappa shape index (κ2) is 10.0. The number of aromatic nitrogens is 1. The highest BCUT2D eigenvalue weighted by molar-refractivity contribution is 7.90. The van der Waals surface area contributed by atoms with Gasteiger partial charge in [0.1, 0.15) is 0 Å². The first-order valence-corrected chi connectivity index (χ1v) is 14.2. The van der Waals surface area contributed by atoms with E-state index in [1.165, 1.54) is 28.5 Å². The Morgan fingerprint density at radius 2 is 1.71 bits per heavy atom. The van der Waals surface area contributed by atoms with Gasteiger partial charge in [-0.2, -0.15) is 0 Å². The molecule has 0 unspecified atom stereocenters. The predicted octanol–water partition coefficient (Wildman–Crippen LogP) is 6.09. The van der Waals surface area contributed by atoms with E-state index >= 15 is 0 Å². The van der Waals surface area contributed by atoms with Crippen molar-refractivity contribution in [2.75, 3.05) is 13.3 Å². The third-order valence-electron chi connectivity index (χ3n) is 7.22. The average Bonchev–Trinajstić information content (AvgIpc) is 2.83. The summed E-state index contributed by atoms with van der Waals surface area (Å²) < 4.78 is 26.0. The summed E-state index contributed by atoms with van der Waals surface area (Å²) in [5.74, 6) is 0. The summed E-state index contributed by atoms with van der Waals surface area (Å²) >= 11 is 0. The highest BCUT2D eigenvalue weighted by Crippen LogP contribution is 2.36. The van der Waals surface area contributed by atoms with Crippen LogP contribution in [0.3, 0.4) is 0 Å². The zero-order valence-corrected chi connectivity index (χ0v) is 21.9. The fourth-order valence-corrected chi connectivity index (χ4v) is 6.42. The molecule has 3 aromatic rings. The van der Waals surface area contributed by atoms with Gasteiger partial charge in [0.05, 0.1) is 10.6 Å². The maximum atomic E-state index is 13.0. The first-order valence-electron chi connectivity index (χ1n) is 12.3. The number of benzene rings is 2. The van der Waals surface area contributed by atoms with Crippen LogP contribution in [0, 0.1) is 6.92 Å². The van der Waals surface area contributed by atoms with Crippen LogP contribution >= 0.6 is 0 Å². The zero-order valence-electron chi connectivity index (χ0n) is 21.1. The number of pyridine rings is 1. The van der Waals surface area contributed by atoms with Crippen molar-refractivity contribution >= 4 is 9.84 Å². The lowest BCUT2D eigenvalue weighted by Crippen LogP contribution is -2.28. The Hall–Kier alpha value is -2.50. The minimum atomic E-state index is -3.43. The van der Waals surface area contributed by atoms with Gasteiger partial charge in [0.2, 0.25) is 0 Å². The summed E-state index contributed by atoms with van der Waals surface area (Å²) in [6.07, 6.45) is 6.41. The minimum Gasteiger partial charge on any atom is -0.295 e. The largest absolute Gasteiger partial charge is 0.295 e. The van der Waals surface area contributed by atoms with Gasteiger partial charge < -0.3 is 0 Å². The third kappa shape index (κ3) is 4.82. The first-order chi connectivity index (χ1) is 16.2. The van der Waals surface area contributed by atoms with Gasteiger partial charge in [-0.15, -0.1) is 0 Å².